The van der Waals surface area contributed by atoms with E-state index < -0.39 is 29.9 Å². The van der Waals surface area contributed by atoms with Gasteiger partial charge in [-0.3, -0.25) is 9.59 Å². The first-order valence-corrected chi connectivity index (χ1v) is 7.12. The molecule has 1 aliphatic heterocycles. The van der Waals surface area contributed by atoms with E-state index in [2.05, 4.69) is 31.9 Å². The zero-order valence-corrected chi connectivity index (χ0v) is 13.4. The van der Waals surface area contributed by atoms with Crippen LogP contribution in [0.3, 0.4) is 0 Å². The van der Waals surface area contributed by atoms with Crippen molar-refractivity contribution in [1.29, 1.82) is 0 Å². The van der Waals surface area contributed by atoms with Gasteiger partial charge in [0.1, 0.15) is 4.48 Å². The molecule has 19 heavy (non-hydrogen) atoms. The lowest BCUT2D eigenvalue weighted by Crippen LogP contribution is -2.38. The van der Waals surface area contributed by atoms with Crippen molar-refractivity contribution >= 4 is 49.8 Å². The first kappa shape index (κ1) is 16.2. The second kappa shape index (κ2) is 7.04. The molecule has 1 rings (SSSR count). The van der Waals surface area contributed by atoms with Crippen molar-refractivity contribution in [2.24, 2.45) is 5.92 Å². The summed E-state index contributed by atoms with van der Waals surface area (Å²) < 4.78 is 15.0. The molecule has 1 heterocycles. The third kappa shape index (κ3) is 3.56. The molecule has 0 bridgehead atoms. The van der Waals surface area contributed by atoms with E-state index in [0.29, 0.717) is 0 Å². The maximum absolute atomic E-state index is 11.8. The second-order valence-corrected chi connectivity index (χ2v) is 5.12. The molecule has 0 aromatic rings. The number of halogens is 2. The summed E-state index contributed by atoms with van der Waals surface area (Å²) in [5.74, 6) is -3.58. The zero-order chi connectivity index (χ0) is 14.6. The molecule has 1 unspecified atom stereocenters. The van der Waals surface area contributed by atoms with Gasteiger partial charge in [-0.15, -0.1) is 0 Å². The highest BCUT2D eigenvalue weighted by Gasteiger charge is 2.46. The summed E-state index contributed by atoms with van der Waals surface area (Å²) >= 11 is 6.13. The summed E-state index contributed by atoms with van der Waals surface area (Å²) in [5, 5.41) is 0. The SMILES string of the molecule is CCOC(=O)C(C(=O)OCC)C1OC(=O)C(Br)=C1Br. The lowest BCUT2D eigenvalue weighted by atomic mass is 10.0. The van der Waals surface area contributed by atoms with Crippen LogP contribution in [0, 0.1) is 5.92 Å². The van der Waals surface area contributed by atoms with Crippen LogP contribution in [0.25, 0.3) is 0 Å². The summed E-state index contributed by atoms with van der Waals surface area (Å²) in [6.45, 7) is 3.44. The fourth-order valence-electron chi connectivity index (χ4n) is 1.46. The Bertz CT molecular complexity index is 413. The Morgan fingerprint density at radius 1 is 1.21 bits per heavy atom. The van der Waals surface area contributed by atoms with Gasteiger partial charge in [0.15, 0.2) is 12.0 Å². The maximum atomic E-state index is 11.8. The number of carbonyl (C=O) groups is 3. The van der Waals surface area contributed by atoms with Gasteiger partial charge in [0.2, 0.25) is 0 Å². The van der Waals surface area contributed by atoms with Crippen LogP contribution in [0.1, 0.15) is 13.8 Å². The number of hydrogen-bond donors (Lipinski definition) is 0. The number of esters is 3. The average Bonchev–Trinajstić information content (AvgIpc) is 2.58. The van der Waals surface area contributed by atoms with Gasteiger partial charge >= 0.3 is 17.9 Å². The summed E-state index contributed by atoms with van der Waals surface area (Å²) in [5.41, 5.74) is 0. The highest BCUT2D eigenvalue weighted by molar-refractivity contribution is 9.14. The Balaban J connectivity index is 3.01. The molecular formula is C11H12Br2O6. The smallest absolute Gasteiger partial charge is 0.346 e. The van der Waals surface area contributed by atoms with Crippen molar-refractivity contribution in [3.8, 4) is 0 Å². The molecule has 0 saturated carbocycles. The normalized spacial score (nSPS) is 18.6. The van der Waals surface area contributed by atoms with Crippen molar-refractivity contribution in [2.75, 3.05) is 13.2 Å². The monoisotopic (exact) mass is 398 g/mol. The van der Waals surface area contributed by atoms with Crippen LogP contribution in [0.15, 0.2) is 8.96 Å². The molecule has 6 nitrogen and oxygen atoms in total. The topological polar surface area (TPSA) is 78.9 Å². The Morgan fingerprint density at radius 3 is 2.00 bits per heavy atom. The quantitative estimate of drug-likeness (QED) is 0.397. The van der Waals surface area contributed by atoms with Gasteiger partial charge in [-0.2, -0.15) is 0 Å². The fourth-order valence-corrected chi connectivity index (χ4v) is 2.30. The van der Waals surface area contributed by atoms with E-state index in [-0.39, 0.29) is 22.2 Å². The Hall–Kier alpha value is -0.890. The number of hydrogen-bond acceptors (Lipinski definition) is 6. The van der Waals surface area contributed by atoms with E-state index >= 15 is 0 Å². The predicted octanol–water partition coefficient (Wildman–Crippen LogP) is 1.66. The molecule has 0 aliphatic carbocycles. The molecule has 0 aromatic heterocycles. The highest BCUT2D eigenvalue weighted by atomic mass is 79.9. The third-order valence-corrected chi connectivity index (χ3v) is 4.39. The minimum atomic E-state index is -1.34. The van der Waals surface area contributed by atoms with Gasteiger partial charge in [-0.05, 0) is 29.8 Å². The van der Waals surface area contributed by atoms with Crippen molar-refractivity contribution < 1.29 is 28.6 Å². The van der Waals surface area contributed by atoms with Gasteiger partial charge in [-0.1, -0.05) is 15.9 Å². The predicted molar refractivity (Wildman–Crippen MR) is 71.5 cm³/mol. The molecule has 1 aliphatic rings. The van der Waals surface area contributed by atoms with Gasteiger partial charge in [0, 0.05) is 0 Å². The molecule has 0 amide bonds. The van der Waals surface area contributed by atoms with Crippen LogP contribution >= 0.6 is 31.9 Å². The largest absolute Gasteiger partial charge is 0.465 e. The van der Waals surface area contributed by atoms with Crippen LogP contribution in [0.4, 0.5) is 0 Å². The Morgan fingerprint density at radius 2 is 1.68 bits per heavy atom. The highest BCUT2D eigenvalue weighted by Crippen LogP contribution is 2.36. The molecular weight excluding hydrogens is 388 g/mol. The third-order valence-electron chi connectivity index (χ3n) is 2.26. The Labute approximate surface area is 126 Å². The number of carbonyl (C=O) groups excluding carboxylic acids is 3. The van der Waals surface area contributed by atoms with Crippen LogP contribution < -0.4 is 0 Å². The van der Waals surface area contributed by atoms with Crippen LogP contribution in [-0.4, -0.2) is 37.2 Å². The van der Waals surface area contributed by atoms with Crippen molar-refractivity contribution in [3.05, 3.63) is 8.96 Å². The fraction of sp³-hybridized carbons (Fsp3) is 0.545. The molecule has 1 atom stereocenters. The Kier molecular flexibility index (Phi) is 5.99. The lowest BCUT2D eigenvalue weighted by molar-refractivity contribution is -0.168. The summed E-state index contributed by atoms with van der Waals surface area (Å²) in [7, 11) is 0. The molecule has 0 saturated heterocycles. The first-order chi connectivity index (χ1) is 8.93. The number of cyclic esters (lactones) is 1. The summed E-state index contributed by atoms with van der Waals surface area (Å²) in [6.07, 6.45) is -1.07. The van der Waals surface area contributed by atoms with E-state index in [0.717, 1.165) is 0 Å². The van der Waals surface area contributed by atoms with E-state index in [1.807, 2.05) is 0 Å². The number of rotatable bonds is 5. The molecule has 8 heteroatoms. The molecule has 0 radical (unpaired) electrons. The van der Waals surface area contributed by atoms with Gasteiger partial charge in [0.25, 0.3) is 0 Å². The minimum Gasteiger partial charge on any atom is -0.465 e. The van der Waals surface area contributed by atoms with E-state index in [1.54, 1.807) is 13.8 Å². The van der Waals surface area contributed by atoms with E-state index in [9.17, 15) is 14.4 Å². The lowest BCUT2D eigenvalue weighted by Gasteiger charge is -2.19. The van der Waals surface area contributed by atoms with Crippen LogP contribution in [-0.2, 0) is 28.6 Å². The van der Waals surface area contributed by atoms with E-state index in [4.69, 9.17) is 14.2 Å². The zero-order valence-electron chi connectivity index (χ0n) is 10.3. The molecule has 0 N–H and O–H groups in total. The summed E-state index contributed by atoms with van der Waals surface area (Å²) in [6, 6.07) is 0. The molecule has 0 spiro atoms. The summed E-state index contributed by atoms with van der Waals surface area (Å²) in [4.78, 5) is 35.1. The first-order valence-electron chi connectivity index (χ1n) is 5.53. The van der Waals surface area contributed by atoms with Crippen molar-refractivity contribution in [2.45, 2.75) is 20.0 Å². The number of ether oxygens (including phenoxy) is 3. The average molecular weight is 400 g/mol. The van der Waals surface area contributed by atoms with Gasteiger partial charge in [0.05, 0.1) is 17.7 Å². The molecule has 106 valence electrons. The molecule has 0 aromatic carbocycles. The van der Waals surface area contributed by atoms with Crippen LogP contribution in [0.5, 0.6) is 0 Å². The van der Waals surface area contributed by atoms with Gasteiger partial charge in [-0.25, -0.2) is 4.79 Å². The van der Waals surface area contributed by atoms with Crippen LogP contribution in [0.2, 0.25) is 0 Å². The van der Waals surface area contributed by atoms with Crippen molar-refractivity contribution in [1.82, 2.24) is 0 Å². The standard InChI is InChI=1S/C11H12Br2O6/c1-3-17-9(14)5(10(15)18-4-2)8-6(12)7(13)11(16)19-8/h5,8H,3-4H2,1-2H3. The minimum absolute atomic E-state index is 0.109. The molecule has 0 fully saturated rings. The second-order valence-electron chi connectivity index (χ2n) is 3.47. The van der Waals surface area contributed by atoms with E-state index in [1.165, 1.54) is 0 Å². The maximum Gasteiger partial charge on any atom is 0.346 e. The van der Waals surface area contributed by atoms with Gasteiger partial charge < -0.3 is 14.2 Å². The van der Waals surface area contributed by atoms with Crippen molar-refractivity contribution in [3.63, 3.8) is 0 Å².